The molecule has 0 radical (unpaired) electrons. The number of benzene rings is 1. The van der Waals surface area contributed by atoms with Gasteiger partial charge >= 0.3 is 0 Å². The second kappa shape index (κ2) is 5.61. The number of carbonyl (C=O) groups is 1. The smallest absolute Gasteiger partial charge is 0.225 e. The molecule has 2 aromatic rings. The third-order valence-electron chi connectivity index (χ3n) is 2.88. The SMILES string of the molecule is Cc1ccc(C(C)NC(=O)Cc2cccc(N)c2)o1. The first-order valence-corrected chi connectivity index (χ1v) is 6.24. The van der Waals surface area contributed by atoms with Crippen LogP contribution in [-0.2, 0) is 11.2 Å². The van der Waals surface area contributed by atoms with Crippen molar-refractivity contribution >= 4 is 11.6 Å². The van der Waals surface area contributed by atoms with E-state index in [0.29, 0.717) is 12.1 Å². The number of carbonyl (C=O) groups excluding carboxylic acids is 1. The molecule has 19 heavy (non-hydrogen) atoms. The maximum atomic E-state index is 11.9. The van der Waals surface area contributed by atoms with Crippen LogP contribution < -0.4 is 11.1 Å². The highest BCUT2D eigenvalue weighted by atomic mass is 16.3. The van der Waals surface area contributed by atoms with Gasteiger partial charge in [-0.15, -0.1) is 0 Å². The molecular weight excluding hydrogens is 240 g/mol. The Morgan fingerprint density at radius 2 is 2.16 bits per heavy atom. The lowest BCUT2D eigenvalue weighted by Gasteiger charge is -2.11. The molecule has 1 heterocycles. The molecule has 1 aromatic carbocycles. The summed E-state index contributed by atoms with van der Waals surface area (Å²) in [5, 5.41) is 2.90. The molecule has 1 aromatic heterocycles. The first-order valence-electron chi connectivity index (χ1n) is 6.24. The fraction of sp³-hybridized carbons (Fsp3) is 0.267. The second-order valence-corrected chi connectivity index (χ2v) is 4.66. The van der Waals surface area contributed by atoms with Crippen molar-refractivity contribution in [1.29, 1.82) is 0 Å². The summed E-state index contributed by atoms with van der Waals surface area (Å²) in [4.78, 5) is 11.9. The molecule has 1 amide bonds. The van der Waals surface area contributed by atoms with Crippen LogP contribution in [0.15, 0.2) is 40.8 Å². The highest BCUT2D eigenvalue weighted by Crippen LogP contribution is 2.16. The minimum atomic E-state index is -0.137. The van der Waals surface area contributed by atoms with Gasteiger partial charge in [0.15, 0.2) is 0 Å². The first kappa shape index (κ1) is 13.2. The van der Waals surface area contributed by atoms with E-state index in [4.69, 9.17) is 10.2 Å². The summed E-state index contributed by atoms with van der Waals surface area (Å²) >= 11 is 0. The summed E-state index contributed by atoms with van der Waals surface area (Å²) in [5.41, 5.74) is 7.25. The van der Waals surface area contributed by atoms with E-state index in [1.165, 1.54) is 0 Å². The number of anilines is 1. The van der Waals surface area contributed by atoms with E-state index in [-0.39, 0.29) is 11.9 Å². The van der Waals surface area contributed by atoms with Gasteiger partial charge in [-0.1, -0.05) is 12.1 Å². The molecule has 1 unspecified atom stereocenters. The van der Waals surface area contributed by atoms with Crippen molar-refractivity contribution in [3.8, 4) is 0 Å². The van der Waals surface area contributed by atoms with Crippen molar-refractivity contribution in [2.75, 3.05) is 5.73 Å². The fourth-order valence-corrected chi connectivity index (χ4v) is 1.94. The standard InChI is InChI=1S/C15H18N2O2/c1-10-6-7-14(19-10)11(2)17-15(18)9-12-4-3-5-13(16)8-12/h3-8,11H,9,16H2,1-2H3,(H,17,18). The number of furan rings is 1. The van der Waals surface area contributed by atoms with Gasteiger partial charge in [-0.05, 0) is 43.7 Å². The molecule has 0 bridgehead atoms. The lowest BCUT2D eigenvalue weighted by Crippen LogP contribution is -2.27. The van der Waals surface area contributed by atoms with Crippen LogP contribution in [0.2, 0.25) is 0 Å². The zero-order chi connectivity index (χ0) is 13.8. The average Bonchev–Trinajstić information content (AvgIpc) is 2.75. The Morgan fingerprint density at radius 3 is 2.79 bits per heavy atom. The molecule has 100 valence electrons. The van der Waals surface area contributed by atoms with Crippen LogP contribution in [0, 0.1) is 6.92 Å². The third kappa shape index (κ3) is 3.61. The zero-order valence-corrected chi connectivity index (χ0v) is 11.1. The lowest BCUT2D eigenvalue weighted by molar-refractivity contribution is -0.121. The van der Waals surface area contributed by atoms with Crippen LogP contribution >= 0.6 is 0 Å². The molecule has 4 heteroatoms. The van der Waals surface area contributed by atoms with Gasteiger partial charge in [0.1, 0.15) is 11.5 Å². The van der Waals surface area contributed by atoms with Crippen molar-refractivity contribution < 1.29 is 9.21 Å². The Hall–Kier alpha value is -2.23. The summed E-state index contributed by atoms with van der Waals surface area (Å²) in [5.74, 6) is 1.55. The van der Waals surface area contributed by atoms with Gasteiger partial charge < -0.3 is 15.5 Å². The molecule has 4 nitrogen and oxygen atoms in total. The normalized spacial score (nSPS) is 12.1. The molecule has 0 saturated carbocycles. The molecule has 2 rings (SSSR count). The molecule has 1 atom stereocenters. The van der Waals surface area contributed by atoms with Crippen LogP contribution in [0.5, 0.6) is 0 Å². The van der Waals surface area contributed by atoms with Gasteiger partial charge in [-0.2, -0.15) is 0 Å². The maximum Gasteiger partial charge on any atom is 0.225 e. The van der Waals surface area contributed by atoms with Crippen LogP contribution in [0.1, 0.15) is 30.0 Å². The Balaban J connectivity index is 1.94. The largest absolute Gasteiger partial charge is 0.464 e. The minimum Gasteiger partial charge on any atom is -0.464 e. The number of nitrogens with one attached hydrogen (secondary N) is 1. The van der Waals surface area contributed by atoms with Crippen LogP contribution in [0.25, 0.3) is 0 Å². The van der Waals surface area contributed by atoms with Crippen LogP contribution in [0.3, 0.4) is 0 Å². The number of rotatable bonds is 4. The van der Waals surface area contributed by atoms with Crippen LogP contribution in [-0.4, -0.2) is 5.91 Å². The van der Waals surface area contributed by atoms with E-state index in [1.54, 1.807) is 12.1 Å². The van der Waals surface area contributed by atoms with Crippen LogP contribution in [0.4, 0.5) is 5.69 Å². The Bertz CT molecular complexity index is 575. The predicted molar refractivity (Wildman–Crippen MR) is 74.6 cm³/mol. The van der Waals surface area contributed by atoms with Crippen molar-refractivity contribution in [2.45, 2.75) is 26.3 Å². The van der Waals surface area contributed by atoms with Crippen molar-refractivity contribution in [3.63, 3.8) is 0 Å². The molecule has 3 N–H and O–H groups in total. The topological polar surface area (TPSA) is 68.3 Å². The monoisotopic (exact) mass is 258 g/mol. The Labute approximate surface area is 112 Å². The molecular formula is C15H18N2O2. The summed E-state index contributed by atoms with van der Waals surface area (Å²) in [6.45, 7) is 3.78. The quantitative estimate of drug-likeness (QED) is 0.828. The summed E-state index contributed by atoms with van der Waals surface area (Å²) in [7, 11) is 0. The minimum absolute atomic E-state index is 0.0489. The van der Waals surface area contributed by atoms with E-state index in [1.807, 2.05) is 38.1 Å². The van der Waals surface area contributed by atoms with Gasteiger partial charge in [-0.25, -0.2) is 0 Å². The number of amides is 1. The van der Waals surface area contributed by atoms with Gasteiger partial charge in [0.05, 0.1) is 12.5 Å². The maximum absolute atomic E-state index is 11.9. The molecule has 0 saturated heterocycles. The number of nitrogen functional groups attached to an aromatic ring is 1. The van der Waals surface area contributed by atoms with E-state index in [0.717, 1.165) is 17.1 Å². The average molecular weight is 258 g/mol. The van der Waals surface area contributed by atoms with E-state index >= 15 is 0 Å². The molecule has 0 fully saturated rings. The van der Waals surface area contributed by atoms with Crippen molar-refractivity contribution in [1.82, 2.24) is 5.32 Å². The lowest BCUT2D eigenvalue weighted by atomic mass is 10.1. The van der Waals surface area contributed by atoms with Crippen molar-refractivity contribution in [3.05, 3.63) is 53.5 Å². The number of hydrogen-bond donors (Lipinski definition) is 2. The number of aryl methyl sites for hydroxylation is 1. The fourth-order valence-electron chi connectivity index (χ4n) is 1.94. The van der Waals surface area contributed by atoms with E-state index in [9.17, 15) is 4.79 Å². The van der Waals surface area contributed by atoms with Gasteiger partial charge in [0.25, 0.3) is 0 Å². The molecule has 0 aliphatic heterocycles. The van der Waals surface area contributed by atoms with Crippen molar-refractivity contribution in [2.24, 2.45) is 0 Å². The predicted octanol–water partition coefficient (Wildman–Crippen LogP) is 2.59. The summed E-state index contributed by atoms with van der Waals surface area (Å²) in [6, 6.07) is 11.0. The number of hydrogen-bond acceptors (Lipinski definition) is 3. The van der Waals surface area contributed by atoms with E-state index in [2.05, 4.69) is 5.32 Å². The highest BCUT2D eigenvalue weighted by Gasteiger charge is 2.13. The molecule has 0 spiro atoms. The van der Waals surface area contributed by atoms with Gasteiger partial charge in [-0.3, -0.25) is 4.79 Å². The Kier molecular flexibility index (Phi) is 3.90. The second-order valence-electron chi connectivity index (χ2n) is 4.66. The Morgan fingerprint density at radius 1 is 1.37 bits per heavy atom. The molecule has 0 aliphatic carbocycles. The summed E-state index contributed by atoms with van der Waals surface area (Å²) < 4.78 is 5.48. The third-order valence-corrected chi connectivity index (χ3v) is 2.88. The molecule has 0 aliphatic rings. The van der Waals surface area contributed by atoms with Gasteiger partial charge in [0.2, 0.25) is 5.91 Å². The zero-order valence-electron chi connectivity index (χ0n) is 11.1. The van der Waals surface area contributed by atoms with Gasteiger partial charge in [0, 0.05) is 5.69 Å². The van der Waals surface area contributed by atoms with E-state index < -0.39 is 0 Å². The highest BCUT2D eigenvalue weighted by molar-refractivity contribution is 5.79. The summed E-state index contributed by atoms with van der Waals surface area (Å²) in [6.07, 6.45) is 0.315. The number of nitrogens with two attached hydrogens (primary N) is 1. The first-order chi connectivity index (χ1) is 9.04.